The lowest BCUT2D eigenvalue weighted by atomic mass is 9.79. The highest BCUT2D eigenvalue weighted by molar-refractivity contribution is 7.88. The molecule has 1 fully saturated rings. The van der Waals surface area contributed by atoms with Crippen LogP contribution < -0.4 is 15.4 Å². The highest BCUT2D eigenvalue weighted by atomic mass is 32.2. The SMILES string of the molecule is CCNC(=NCC1(c2ccccc2)CCCC1)NCCNS(C)(=O)=O. The largest absolute Gasteiger partial charge is 0.357 e. The van der Waals surface area contributed by atoms with E-state index >= 15 is 0 Å². The van der Waals surface area contributed by atoms with Crippen molar-refractivity contribution in [1.29, 1.82) is 0 Å². The third-order valence-electron chi connectivity index (χ3n) is 4.61. The van der Waals surface area contributed by atoms with E-state index in [9.17, 15) is 8.42 Å². The predicted molar refractivity (Wildman–Crippen MR) is 103 cm³/mol. The van der Waals surface area contributed by atoms with Gasteiger partial charge in [0.1, 0.15) is 0 Å². The highest BCUT2D eigenvalue weighted by Gasteiger charge is 2.35. The van der Waals surface area contributed by atoms with Crippen LogP contribution in [0.25, 0.3) is 0 Å². The predicted octanol–water partition coefficient (Wildman–Crippen LogP) is 1.60. The summed E-state index contributed by atoms with van der Waals surface area (Å²) >= 11 is 0. The number of benzene rings is 1. The minimum absolute atomic E-state index is 0.120. The van der Waals surface area contributed by atoms with Crippen LogP contribution in [0.15, 0.2) is 35.3 Å². The summed E-state index contributed by atoms with van der Waals surface area (Å²) in [6.45, 7) is 4.37. The van der Waals surface area contributed by atoms with Crippen molar-refractivity contribution in [2.24, 2.45) is 4.99 Å². The number of rotatable bonds is 8. The number of sulfonamides is 1. The molecule has 0 aromatic heterocycles. The second-order valence-corrected chi connectivity index (χ2v) is 8.47. The van der Waals surface area contributed by atoms with Crippen LogP contribution in [0.4, 0.5) is 0 Å². The molecule has 6 nitrogen and oxygen atoms in total. The summed E-state index contributed by atoms with van der Waals surface area (Å²) in [7, 11) is -3.16. The number of nitrogens with one attached hydrogen (secondary N) is 3. The molecule has 25 heavy (non-hydrogen) atoms. The van der Waals surface area contributed by atoms with Crippen LogP contribution in [0.1, 0.15) is 38.2 Å². The van der Waals surface area contributed by atoms with Gasteiger partial charge < -0.3 is 10.6 Å². The van der Waals surface area contributed by atoms with Crippen molar-refractivity contribution in [1.82, 2.24) is 15.4 Å². The lowest BCUT2D eigenvalue weighted by molar-refractivity contribution is 0.452. The molecule has 2 rings (SSSR count). The van der Waals surface area contributed by atoms with Crippen LogP contribution >= 0.6 is 0 Å². The zero-order valence-corrected chi connectivity index (χ0v) is 16.0. The van der Waals surface area contributed by atoms with Crippen LogP contribution in [0.3, 0.4) is 0 Å². The van der Waals surface area contributed by atoms with Gasteiger partial charge in [-0.2, -0.15) is 0 Å². The molecular weight excluding hydrogens is 336 g/mol. The Morgan fingerprint density at radius 3 is 2.40 bits per heavy atom. The minimum Gasteiger partial charge on any atom is -0.357 e. The fraction of sp³-hybridized carbons (Fsp3) is 0.611. The van der Waals surface area contributed by atoms with Crippen LogP contribution in [0, 0.1) is 0 Å². The molecule has 1 aliphatic carbocycles. The molecule has 0 atom stereocenters. The average Bonchev–Trinajstić information content (AvgIpc) is 3.06. The second kappa shape index (κ2) is 9.20. The first-order valence-electron chi connectivity index (χ1n) is 8.97. The zero-order chi connectivity index (χ0) is 18.2. The van der Waals surface area contributed by atoms with E-state index in [1.54, 1.807) is 0 Å². The van der Waals surface area contributed by atoms with Crippen LogP contribution in [-0.4, -0.2) is 46.8 Å². The number of hydrogen-bond donors (Lipinski definition) is 3. The second-order valence-electron chi connectivity index (χ2n) is 6.64. The molecule has 1 aromatic rings. The van der Waals surface area contributed by atoms with Gasteiger partial charge in [-0.25, -0.2) is 13.1 Å². The molecule has 0 bridgehead atoms. The normalized spacial score (nSPS) is 17.4. The van der Waals surface area contributed by atoms with Gasteiger partial charge in [-0.1, -0.05) is 43.2 Å². The third kappa shape index (κ3) is 6.32. The Morgan fingerprint density at radius 1 is 1.12 bits per heavy atom. The van der Waals surface area contributed by atoms with Gasteiger partial charge in [0.25, 0.3) is 0 Å². The molecule has 0 heterocycles. The quantitative estimate of drug-likeness (QED) is 0.371. The molecule has 0 amide bonds. The van der Waals surface area contributed by atoms with Gasteiger partial charge in [-0.15, -0.1) is 0 Å². The Kier molecular flexibility index (Phi) is 7.25. The summed E-state index contributed by atoms with van der Waals surface area (Å²) in [6.07, 6.45) is 5.97. The van der Waals surface area contributed by atoms with Gasteiger partial charge in [0.05, 0.1) is 12.8 Å². The van der Waals surface area contributed by atoms with Crippen LogP contribution in [0.2, 0.25) is 0 Å². The Balaban J connectivity index is 2.00. The Bertz CT molecular complexity index is 653. The number of guanidine groups is 1. The third-order valence-corrected chi connectivity index (χ3v) is 5.34. The maximum absolute atomic E-state index is 11.1. The molecule has 3 N–H and O–H groups in total. The van der Waals surface area contributed by atoms with Crippen molar-refractivity contribution in [3.05, 3.63) is 35.9 Å². The Labute approximate surface area is 151 Å². The van der Waals surface area contributed by atoms with Crippen molar-refractivity contribution in [2.75, 3.05) is 32.4 Å². The highest BCUT2D eigenvalue weighted by Crippen LogP contribution is 2.41. The molecule has 0 unspecified atom stereocenters. The summed E-state index contributed by atoms with van der Waals surface area (Å²) in [4.78, 5) is 4.80. The standard InChI is InChI=1S/C18H30N4O2S/c1-3-19-17(20-13-14-22-25(2,23)24)21-15-18(11-7-8-12-18)16-9-5-4-6-10-16/h4-6,9-10,22H,3,7-8,11-15H2,1-2H3,(H2,19,20,21). The van der Waals surface area contributed by atoms with Gasteiger partial charge in [0, 0.05) is 25.0 Å². The summed E-state index contributed by atoms with van der Waals surface area (Å²) < 4.78 is 24.7. The molecule has 1 aliphatic rings. The van der Waals surface area contributed by atoms with Gasteiger partial charge in [-0.05, 0) is 25.3 Å². The average molecular weight is 367 g/mol. The van der Waals surface area contributed by atoms with E-state index in [0.717, 1.165) is 38.1 Å². The molecule has 1 aromatic carbocycles. The van der Waals surface area contributed by atoms with E-state index in [4.69, 9.17) is 4.99 Å². The van der Waals surface area contributed by atoms with Gasteiger partial charge in [0.15, 0.2) is 5.96 Å². The molecule has 0 spiro atoms. The fourth-order valence-electron chi connectivity index (χ4n) is 3.37. The summed E-state index contributed by atoms with van der Waals surface area (Å²) in [5.41, 5.74) is 1.49. The van der Waals surface area contributed by atoms with Crippen molar-refractivity contribution in [3.8, 4) is 0 Å². The lowest BCUT2D eigenvalue weighted by Gasteiger charge is -2.28. The maximum Gasteiger partial charge on any atom is 0.208 e. The molecule has 7 heteroatoms. The molecule has 0 aliphatic heterocycles. The first kappa shape index (κ1) is 19.7. The maximum atomic E-state index is 11.1. The summed E-state index contributed by atoms with van der Waals surface area (Å²) in [5.74, 6) is 0.736. The fourth-order valence-corrected chi connectivity index (χ4v) is 3.84. The van der Waals surface area contributed by atoms with E-state index in [1.807, 2.05) is 6.92 Å². The molecule has 140 valence electrons. The molecule has 1 saturated carbocycles. The zero-order valence-electron chi connectivity index (χ0n) is 15.2. The van der Waals surface area contributed by atoms with Crippen molar-refractivity contribution < 1.29 is 8.42 Å². The smallest absolute Gasteiger partial charge is 0.208 e. The summed E-state index contributed by atoms with van der Waals surface area (Å²) in [5, 5.41) is 6.43. The van der Waals surface area contributed by atoms with Gasteiger partial charge >= 0.3 is 0 Å². The number of aliphatic imine (C=N–C) groups is 1. The van der Waals surface area contributed by atoms with E-state index in [1.165, 1.54) is 18.4 Å². The van der Waals surface area contributed by atoms with Crippen molar-refractivity contribution in [3.63, 3.8) is 0 Å². The van der Waals surface area contributed by atoms with E-state index in [2.05, 4.69) is 45.7 Å². The number of nitrogens with zero attached hydrogens (tertiary/aromatic N) is 1. The van der Waals surface area contributed by atoms with Crippen LogP contribution in [-0.2, 0) is 15.4 Å². The monoisotopic (exact) mass is 366 g/mol. The van der Waals surface area contributed by atoms with Crippen molar-refractivity contribution >= 4 is 16.0 Å². The van der Waals surface area contributed by atoms with Crippen molar-refractivity contribution in [2.45, 2.75) is 38.0 Å². The van der Waals surface area contributed by atoms with Gasteiger partial charge in [-0.3, -0.25) is 4.99 Å². The van der Waals surface area contributed by atoms with E-state index in [-0.39, 0.29) is 5.41 Å². The van der Waals surface area contributed by atoms with Crippen LogP contribution in [0.5, 0.6) is 0 Å². The molecular formula is C18H30N4O2S. The Hall–Kier alpha value is -1.60. The molecule has 0 saturated heterocycles. The van der Waals surface area contributed by atoms with E-state index in [0.29, 0.717) is 13.1 Å². The van der Waals surface area contributed by atoms with Gasteiger partial charge in [0.2, 0.25) is 10.0 Å². The topological polar surface area (TPSA) is 82.6 Å². The Morgan fingerprint density at radius 2 is 1.80 bits per heavy atom. The summed E-state index contributed by atoms with van der Waals surface area (Å²) in [6, 6.07) is 10.7. The first-order valence-corrected chi connectivity index (χ1v) is 10.9. The van der Waals surface area contributed by atoms with E-state index < -0.39 is 10.0 Å². The molecule has 0 radical (unpaired) electrons. The number of hydrogen-bond acceptors (Lipinski definition) is 3. The lowest BCUT2D eigenvalue weighted by Crippen LogP contribution is -2.42. The first-order chi connectivity index (χ1) is 12.0. The minimum atomic E-state index is -3.16.